The Morgan fingerprint density at radius 1 is 0.775 bits per heavy atom. The van der Waals surface area contributed by atoms with Gasteiger partial charge in [0, 0.05) is 61.1 Å². The van der Waals surface area contributed by atoms with Crippen LogP contribution in [0.25, 0.3) is 38.5 Å². The maximum atomic E-state index is 11.0. The molecule has 1 N–H and O–H groups in total. The molecule has 0 bridgehead atoms. The van der Waals surface area contributed by atoms with Crippen molar-refractivity contribution in [2.45, 2.75) is 52.4 Å². The van der Waals surface area contributed by atoms with Crippen LogP contribution in [0.4, 0.5) is 0 Å². The van der Waals surface area contributed by atoms with E-state index in [9.17, 15) is 5.11 Å². The Balaban J connectivity index is 0.00000323. The Kier molecular flexibility index (Phi) is 7.00. The van der Waals surface area contributed by atoms with Crippen LogP contribution in [0, 0.1) is 6.07 Å². The van der Waals surface area contributed by atoms with Crippen LogP contribution in [-0.4, -0.2) is 19.6 Å². The Bertz CT molecular complexity index is 1880. The molecule has 0 aliphatic rings. The zero-order chi connectivity index (χ0) is 27.5. The predicted molar refractivity (Wildman–Crippen MR) is 158 cm³/mol. The summed E-state index contributed by atoms with van der Waals surface area (Å²) in [5.41, 5.74) is 4.16. The second kappa shape index (κ2) is 10.0. The first-order chi connectivity index (χ1) is 18.5. The number of pyridine rings is 2. The van der Waals surface area contributed by atoms with Gasteiger partial charge in [-0.05, 0) is 34.4 Å². The first-order valence-electron chi connectivity index (χ1n) is 13.2. The van der Waals surface area contributed by atoms with Gasteiger partial charge in [-0.15, -0.1) is 17.5 Å². The smallest absolute Gasteiger partial charge is 0.217 e. The van der Waals surface area contributed by atoms with Crippen molar-refractivity contribution in [3.05, 3.63) is 96.2 Å². The van der Waals surface area contributed by atoms with E-state index < -0.39 is 0 Å². The van der Waals surface area contributed by atoms with Gasteiger partial charge in [-0.1, -0.05) is 83.5 Å². The second-order valence-electron chi connectivity index (χ2n) is 12.1. The maximum Gasteiger partial charge on any atom is 0.217 e. The molecule has 0 saturated carbocycles. The van der Waals surface area contributed by atoms with E-state index in [2.05, 4.69) is 87.5 Å². The summed E-state index contributed by atoms with van der Waals surface area (Å²) in [4.78, 5) is 9.52. The Hall–Kier alpha value is -3.69. The quantitative estimate of drug-likeness (QED) is 0.187. The summed E-state index contributed by atoms with van der Waals surface area (Å²) in [5.74, 6) is 2.01. The molecule has 0 aliphatic heterocycles. The Labute approximate surface area is 249 Å². The number of hydrogen-bond donors (Lipinski definition) is 1. The van der Waals surface area contributed by atoms with Gasteiger partial charge in [-0.2, -0.15) is 6.07 Å². The van der Waals surface area contributed by atoms with Crippen LogP contribution in [0.1, 0.15) is 52.7 Å². The topological polar surface area (TPSA) is 60.2 Å². The van der Waals surface area contributed by atoms with Crippen molar-refractivity contribution < 1.29 is 30.9 Å². The van der Waals surface area contributed by atoms with Gasteiger partial charge in [0.05, 0.1) is 0 Å². The SMILES string of the molecule is CC(C)(C)c1cccnc1-n1c2[c-]c(Oc3ccc4ccc(C(C)(C)C)c(O)c4n3)ccc2c2ccccc21.[Pt]. The van der Waals surface area contributed by atoms with Crippen molar-refractivity contribution >= 4 is 32.7 Å². The van der Waals surface area contributed by atoms with Crippen molar-refractivity contribution in [2.75, 3.05) is 0 Å². The molecule has 0 aliphatic carbocycles. The van der Waals surface area contributed by atoms with Crippen LogP contribution in [0.3, 0.4) is 0 Å². The van der Waals surface area contributed by atoms with Gasteiger partial charge in [0.2, 0.25) is 5.88 Å². The maximum absolute atomic E-state index is 11.0. The van der Waals surface area contributed by atoms with Gasteiger partial charge in [-0.3, -0.25) is 0 Å². The standard InChI is InChI=1S/C34H32N3O2.Pt/c1-33(2,3)25-17-13-21-14-18-29(36-30(21)31(25)38)39-22-15-16-24-23-10-7-8-12-27(23)37(28(24)20-22)32-26(34(4,5)6)11-9-19-35-32;/h7-19,38H,1-6H3;/q-1;. The second-order valence-corrected chi connectivity index (χ2v) is 12.1. The molecule has 6 heteroatoms. The number of rotatable bonds is 3. The van der Waals surface area contributed by atoms with Gasteiger partial charge in [0.15, 0.2) is 0 Å². The molecule has 0 fully saturated rings. The molecule has 0 unspecified atom stereocenters. The van der Waals surface area contributed by atoms with Crippen molar-refractivity contribution in [3.63, 3.8) is 0 Å². The number of para-hydroxylation sites is 1. The molecule has 3 heterocycles. The van der Waals surface area contributed by atoms with E-state index >= 15 is 0 Å². The van der Waals surface area contributed by atoms with Gasteiger partial charge in [0.25, 0.3) is 0 Å². The van der Waals surface area contributed by atoms with Crippen molar-refractivity contribution in [1.29, 1.82) is 0 Å². The van der Waals surface area contributed by atoms with Crippen LogP contribution < -0.4 is 4.74 Å². The first kappa shape index (κ1) is 27.9. The Morgan fingerprint density at radius 3 is 2.25 bits per heavy atom. The number of ether oxygens (including phenoxy) is 1. The molecule has 0 amide bonds. The van der Waals surface area contributed by atoms with Gasteiger partial charge >= 0.3 is 0 Å². The summed E-state index contributed by atoms with van der Waals surface area (Å²) in [5, 5.41) is 14.1. The number of phenols is 1. The number of aromatic nitrogens is 3. The fourth-order valence-corrected chi connectivity index (χ4v) is 5.24. The van der Waals surface area contributed by atoms with E-state index in [0.29, 0.717) is 17.1 Å². The van der Waals surface area contributed by atoms with E-state index in [1.54, 1.807) is 0 Å². The minimum absolute atomic E-state index is 0. The summed E-state index contributed by atoms with van der Waals surface area (Å²) in [6.07, 6.45) is 1.84. The molecule has 40 heavy (non-hydrogen) atoms. The zero-order valence-corrected chi connectivity index (χ0v) is 25.8. The minimum atomic E-state index is -0.208. The normalized spacial score (nSPS) is 12.2. The number of nitrogens with zero attached hydrogens (tertiary/aromatic N) is 3. The van der Waals surface area contributed by atoms with Crippen LogP contribution in [0.15, 0.2) is 79.0 Å². The largest absolute Gasteiger partial charge is 0.505 e. The molecule has 3 aromatic carbocycles. The zero-order valence-electron chi connectivity index (χ0n) is 23.5. The van der Waals surface area contributed by atoms with E-state index in [1.807, 2.05) is 48.7 Å². The van der Waals surface area contributed by atoms with Crippen molar-refractivity contribution in [1.82, 2.24) is 14.5 Å². The molecule has 206 valence electrons. The van der Waals surface area contributed by atoms with Crippen LogP contribution in [0.2, 0.25) is 0 Å². The molecule has 0 atom stereocenters. The summed E-state index contributed by atoms with van der Waals surface area (Å²) < 4.78 is 8.42. The summed E-state index contributed by atoms with van der Waals surface area (Å²) >= 11 is 0. The molecule has 0 saturated heterocycles. The fourth-order valence-electron chi connectivity index (χ4n) is 5.24. The number of benzene rings is 3. The predicted octanol–water partition coefficient (Wildman–Crippen LogP) is 8.62. The third-order valence-electron chi connectivity index (χ3n) is 7.20. The monoisotopic (exact) mass is 709 g/mol. The van der Waals surface area contributed by atoms with E-state index in [4.69, 9.17) is 9.72 Å². The van der Waals surface area contributed by atoms with Crippen LogP contribution in [-0.2, 0) is 31.9 Å². The van der Waals surface area contributed by atoms with E-state index in [-0.39, 0.29) is 37.6 Å². The van der Waals surface area contributed by atoms with Gasteiger partial charge < -0.3 is 14.4 Å². The average molecular weight is 710 g/mol. The number of fused-ring (bicyclic) bond motifs is 4. The number of phenolic OH excluding ortho intramolecular Hbond substituents is 1. The van der Waals surface area contributed by atoms with Gasteiger partial charge in [-0.25, -0.2) is 9.97 Å². The molecule has 0 spiro atoms. The molecular formula is C34H32N3O2Pt-. The summed E-state index contributed by atoms with van der Waals surface area (Å²) in [7, 11) is 0. The van der Waals surface area contributed by atoms with Crippen molar-refractivity contribution in [3.8, 4) is 23.2 Å². The van der Waals surface area contributed by atoms with E-state index in [1.165, 1.54) is 0 Å². The number of hydrogen-bond acceptors (Lipinski definition) is 4. The fraction of sp³-hybridized carbons (Fsp3) is 0.235. The molecular weight excluding hydrogens is 677 g/mol. The van der Waals surface area contributed by atoms with Crippen LogP contribution in [0.5, 0.6) is 17.4 Å². The molecule has 6 rings (SSSR count). The number of aromatic hydroxyl groups is 1. The first-order valence-corrected chi connectivity index (χ1v) is 13.2. The van der Waals surface area contributed by atoms with Gasteiger partial charge in [0.1, 0.15) is 17.1 Å². The third-order valence-corrected chi connectivity index (χ3v) is 7.20. The molecule has 3 aromatic heterocycles. The molecule has 6 aromatic rings. The summed E-state index contributed by atoms with van der Waals surface area (Å²) in [6.45, 7) is 12.8. The van der Waals surface area contributed by atoms with Crippen LogP contribution >= 0.6 is 0 Å². The average Bonchev–Trinajstić information content (AvgIpc) is 3.21. The summed E-state index contributed by atoms with van der Waals surface area (Å²) in [6, 6.07) is 27.7. The minimum Gasteiger partial charge on any atom is -0.505 e. The molecule has 0 radical (unpaired) electrons. The van der Waals surface area contributed by atoms with Crippen molar-refractivity contribution in [2.24, 2.45) is 0 Å². The molecule has 5 nitrogen and oxygen atoms in total. The Morgan fingerprint density at radius 2 is 1.50 bits per heavy atom. The van der Waals surface area contributed by atoms with E-state index in [0.717, 1.165) is 44.1 Å². The third kappa shape index (κ3) is 4.77.